The molecule has 0 aromatic carbocycles. The monoisotopic (exact) mass is 192 g/mol. The van der Waals surface area contributed by atoms with Crippen molar-refractivity contribution in [2.24, 2.45) is 10.9 Å². The predicted octanol–water partition coefficient (Wildman–Crippen LogP) is 3.18. The summed E-state index contributed by atoms with van der Waals surface area (Å²) in [6.07, 6.45) is 12.6. The molecule has 1 heterocycles. The summed E-state index contributed by atoms with van der Waals surface area (Å²) in [6.45, 7) is 6.56. The molecule has 0 N–H and O–H groups in total. The summed E-state index contributed by atoms with van der Waals surface area (Å²) in [4.78, 5) is 6.44. The number of hydrogen-bond acceptors (Lipinski definition) is 2. The zero-order valence-corrected chi connectivity index (χ0v) is 9.35. The lowest BCUT2D eigenvalue weighted by Gasteiger charge is -2.31. The number of aliphatic imine (C=N–C) groups is 1. The lowest BCUT2D eigenvalue weighted by Crippen LogP contribution is -2.35. The van der Waals surface area contributed by atoms with E-state index in [1.54, 1.807) is 0 Å². The SMILES string of the molecule is C/C=C\N1C=CN=CC1C(C)CCC. The molecule has 14 heavy (non-hydrogen) atoms. The molecule has 1 aliphatic rings. The first-order chi connectivity index (χ1) is 6.79. The smallest absolute Gasteiger partial charge is 0.0707 e. The molecule has 0 aliphatic carbocycles. The molecule has 0 spiro atoms. The molecule has 0 bridgehead atoms. The Morgan fingerprint density at radius 2 is 2.36 bits per heavy atom. The molecule has 0 radical (unpaired) electrons. The van der Waals surface area contributed by atoms with Crippen molar-refractivity contribution in [3.63, 3.8) is 0 Å². The Morgan fingerprint density at radius 1 is 1.57 bits per heavy atom. The largest absolute Gasteiger partial charge is 0.344 e. The topological polar surface area (TPSA) is 15.6 Å². The van der Waals surface area contributed by atoms with E-state index < -0.39 is 0 Å². The van der Waals surface area contributed by atoms with E-state index in [0.29, 0.717) is 12.0 Å². The second-order valence-electron chi connectivity index (χ2n) is 3.78. The van der Waals surface area contributed by atoms with E-state index in [1.165, 1.54) is 12.8 Å². The minimum absolute atomic E-state index is 0.427. The van der Waals surface area contributed by atoms with Crippen molar-refractivity contribution in [3.8, 4) is 0 Å². The van der Waals surface area contributed by atoms with E-state index in [2.05, 4.69) is 36.0 Å². The minimum Gasteiger partial charge on any atom is -0.344 e. The fourth-order valence-corrected chi connectivity index (χ4v) is 1.82. The summed E-state index contributed by atoms with van der Waals surface area (Å²) in [6, 6.07) is 0.427. The molecule has 1 aliphatic heterocycles. The third-order valence-electron chi connectivity index (χ3n) is 2.56. The van der Waals surface area contributed by atoms with Gasteiger partial charge in [0.05, 0.1) is 6.04 Å². The first-order valence-electron chi connectivity index (χ1n) is 5.39. The van der Waals surface area contributed by atoms with Crippen LogP contribution >= 0.6 is 0 Å². The Morgan fingerprint density at radius 3 is 3.00 bits per heavy atom. The highest BCUT2D eigenvalue weighted by Gasteiger charge is 2.19. The molecule has 0 fully saturated rings. The van der Waals surface area contributed by atoms with Crippen molar-refractivity contribution in [2.45, 2.75) is 39.7 Å². The summed E-state index contributed by atoms with van der Waals surface area (Å²) in [5.74, 6) is 0.657. The summed E-state index contributed by atoms with van der Waals surface area (Å²) >= 11 is 0. The molecule has 2 nitrogen and oxygen atoms in total. The molecule has 0 saturated carbocycles. The highest BCUT2D eigenvalue weighted by Crippen LogP contribution is 2.18. The molecule has 0 saturated heterocycles. The number of hydrogen-bond donors (Lipinski definition) is 0. The van der Waals surface area contributed by atoms with Crippen molar-refractivity contribution < 1.29 is 0 Å². The molecule has 0 amide bonds. The minimum atomic E-state index is 0.427. The molecular weight excluding hydrogens is 172 g/mol. The van der Waals surface area contributed by atoms with Crippen LogP contribution in [0.1, 0.15) is 33.6 Å². The Balaban J connectivity index is 2.64. The van der Waals surface area contributed by atoms with Gasteiger partial charge in [-0.2, -0.15) is 0 Å². The normalized spacial score (nSPS) is 23.4. The van der Waals surface area contributed by atoms with Gasteiger partial charge in [0.1, 0.15) is 0 Å². The first-order valence-corrected chi connectivity index (χ1v) is 5.39. The van der Waals surface area contributed by atoms with Gasteiger partial charge in [-0.1, -0.05) is 26.3 Å². The summed E-state index contributed by atoms with van der Waals surface area (Å²) in [7, 11) is 0. The van der Waals surface area contributed by atoms with Crippen LogP contribution in [0.5, 0.6) is 0 Å². The second kappa shape index (κ2) is 5.63. The van der Waals surface area contributed by atoms with Gasteiger partial charge in [-0.05, 0) is 19.3 Å². The third-order valence-corrected chi connectivity index (χ3v) is 2.56. The third kappa shape index (κ3) is 2.72. The fourth-order valence-electron chi connectivity index (χ4n) is 1.82. The standard InChI is InChI=1S/C12H20N2/c1-4-6-11(3)12-10-13-7-9-14(12)8-5-2/h5,7-12H,4,6H2,1-3H3/b8-5-. The van der Waals surface area contributed by atoms with Crippen LogP contribution < -0.4 is 0 Å². The van der Waals surface area contributed by atoms with Crippen LogP contribution in [0.25, 0.3) is 0 Å². The molecule has 2 heteroatoms. The average molecular weight is 192 g/mol. The van der Waals surface area contributed by atoms with Crippen LogP contribution in [0.4, 0.5) is 0 Å². The zero-order chi connectivity index (χ0) is 10.4. The lowest BCUT2D eigenvalue weighted by atomic mass is 9.96. The fraction of sp³-hybridized carbons (Fsp3) is 0.583. The highest BCUT2D eigenvalue weighted by molar-refractivity contribution is 5.67. The number of allylic oxidation sites excluding steroid dienone is 1. The van der Waals surface area contributed by atoms with Gasteiger partial charge in [0.15, 0.2) is 0 Å². The molecular formula is C12H20N2. The van der Waals surface area contributed by atoms with Crippen LogP contribution in [-0.4, -0.2) is 17.2 Å². The van der Waals surface area contributed by atoms with Crippen LogP contribution in [0.2, 0.25) is 0 Å². The molecule has 0 aromatic rings. The van der Waals surface area contributed by atoms with E-state index in [4.69, 9.17) is 0 Å². The van der Waals surface area contributed by atoms with Crippen LogP contribution in [0.3, 0.4) is 0 Å². The van der Waals surface area contributed by atoms with Crippen molar-refractivity contribution >= 4 is 6.21 Å². The molecule has 1 rings (SSSR count). The van der Waals surface area contributed by atoms with Crippen molar-refractivity contribution in [3.05, 3.63) is 24.7 Å². The number of nitrogens with zero attached hydrogens (tertiary/aromatic N) is 2. The first kappa shape index (κ1) is 11.0. The van der Waals surface area contributed by atoms with Crippen molar-refractivity contribution in [1.29, 1.82) is 0 Å². The molecule has 78 valence electrons. The van der Waals surface area contributed by atoms with E-state index in [1.807, 2.05) is 25.5 Å². The van der Waals surface area contributed by atoms with E-state index >= 15 is 0 Å². The van der Waals surface area contributed by atoms with Gasteiger partial charge in [-0.15, -0.1) is 0 Å². The summed E-state index contributed by atoms with van der Waals surface area (Å²) in [5, 5.41) is 0. The van der Waals surface area contributed by atoms with Gasteiger partial charge in [-0.3, -0.25) is 4.99 Å². The molecule has 0 aromatic heterocycles. The van der Waals surface area contributed by atoms with E-state index in [0.717, 1.165) is 0 Å². The van der Waals surface area contributed by atoms with E-state index in [9.17, 15) is 0 Å². The van der Waals surface area contributed by atoms with Crippen LogP contribution in [0, 0.1) is 5.92 Å². The maximum atomic E-state index is 4.21. The van der Waals surface area contributed by atoms with Gasteiger partial charge < -0.3 is 4.90 Å². The van der Waals surface area contributed by atoms with Gasteiger partial charge in [0, 0.05) is 24.8 Å². The predicted molar refractivity (Wildman–Crippen MR) is 62.1 cm³/mol. The maximum Gasteiger partial charge on any atom is 0.0707 e. The van der Waals surface area contributed by atoms with E-state index in [-0.39, 0.29) is 0 Å². The van der Waals surface area contributed by atoms with Crippen molar-refractivity contribution in [2.75, 3.05) is 0 Å². The van der Waals surface area contributed by atoms with Gasteiger partial charge in [0.2, 0.25) is 0 Å². The van der Waals surface area contributed by atoms with Crippen molar-refractivity contribution in [1.82, 2.24) is 4.90 Å². The van der Waals surface area contributed by atoms with Crippen LogP contribution in [0.15, 0.2) is 29.7 Å². The summed E-state index contributed by atoms with van der Waals surface area (Å²) < 4.78 is 0. The summed E-state index contributed by atoms with van der Waals surface area (Å²) in [5.41, 5.74) is 0. The van der Waals surface area contributed by atoms with Gasteiger partial charge in [-0.25, -0.2) is 0 Å². The average Bonchev–Trinajstić information content (AvgIpc) is 2.19. The lowest BCUT2D eigenvalue weighted by molar-refractivity contribution is 0.327. The Hall–Kier alpha value is -1.05. The zero-order valence-electron chi connectivity index (χ0n) is 9.35. The van der Waals surface area contributed by atoms with Gasteiger partial charge in [0.25, 0.3) is 0 Å². The maximum absolute atomic E-state index is 4.21. The highest BCUT2D eigenvalue weighted by atomic mass is 15.1. The Kier molecular flexibility index (Phi) is 4.44. The Bertz CT molecular complexity index is 241. The second-order valence-corrected chi connectivity index (χ2v) is 3.78. The van der Waals surface area contributed by atoms with Crippen LogP contribution in [-0.2, 0) is 0 Å². The number of rotatable bonds is 4. The quantitative estimate of drug-likeness (QED) is 0.668. The van der Waals surface area contributed by atoms with Gasteiger partial charge >= 0.3 is 0 Å². The Labute approximate surface area is 87.0 Å². The molecule has 2 atom stereocenters. The molecule has 2 unspecified atom stereocenters.